The third-order valence-corrected chi connectivity index (χ3v) is 4.15. The third kappa shape index (κ3) is 4.69. The molecule has 152 valence electrons. The van der Waals surface area contributed by atoms with E-state index in [4.69, 9.17) is 14.2 Å². The lowest BCUT2D eigenvalue weighted by Gasteiger charge is -2.12. The summed E-state index contributed by atoms with van der Waals surface area (Å²) >= 11 is 0. The highest BCUT2D eigenvalue weighted by molar-refractivity contribution is 6.03. The molecule has 0 spiro atoms. The Kier molecular flexibility index (Phi) is 6.40. The smallest absolute Gasteiger partial charge is 0.278 e. The average Bonchev–Trinajstić information content (AvgIpc) is 3.10. The Morgan fingerprint density at radius 3 is 2.55 bits per heavy atom. The van der Waals surface area contributed by atoms with Crippen LogP contribution in [-0.2, 0) is 4.74 Å². The Labute approximate surface area is 167 Å². The number of aromatic nitrogens is 3. The number of halogens is 1. The number of methoxy groups -OCH3 is 2. The van der Waals surface area contributed by atoms with Crippen LogP contribution in [0, 0.1) is 12.7 Å². The maximum absolute atomic E-state index is 13.1. The van der Waals surface area contributed by atoms with Gasteiger partial charge in [0, 0.05) is 18.9 Å². The van der Waals surface area contributed by atoms with Crippen LogP contribution in [0.1, 0.15) is 16.2 Å². The zero-order valence-electron chi connectivity index (χ0n) is 16.3. The number of hydrogen-bond acceptors (Lipinski definition) is 6. The van der Waals surface area contributed by atoms with Crippen LogP contribution in [0.15, 0.2) is 42.5 Å². The van der Waals surface area contributed by atoms with Crippen LogP contribution in [0.5, 0.6) is 11.5 Å². The Balaban J connectivity index is 1.78. The zero-order valence-corrected chi connectivity index (χ0v) is 16.3. The molecule has 0 saturated heterocycles. The minimum Gasteiger partial charge on any atom is -0.493 e. The van der Waals surface area contributed by atoms with Gasteiger partial charge in [-0.25, -0.2) is 9.07 Å². The van der Waals surface area contributed by atoms with E-state index in [1.807, 2.05) is 0 Å². The summed E-state index contributed by atoms with van der Waals surface area (Å²) in [5.41, 5.74) is 1.80. The molecule has 1 amide bonds. The van der Waals surface area contributed by atoms with Gasteiger partial charge >= 0.3 is 0 Å². The molecule has 0 radical (unpaired) electrons. The number of nitrogens with one attached hydrogen (secondary N) is 1. The number of benzene rings is 2. The molecule has 1 aromatic heterocycles. The Morgan fingerprint density at radius 1 is 1.10 bits per heavy atom. The molecule has 8 nitrogen and oxygen atoms in total. The summed E-state index contributed by atoms with van der Waals surface area (Å²) in [4.78, 5) is 12.7. The lowest BCUT2D eigenvalue weighted by molar-refractivity contribution is 0.102. The maximum atomic E-state index is 13.1. The quantitative estimate of drug-likeness (QED) is 0.585. The van der Waals surface area contributed by atoms with Gasteiger partial charge in [-0.2, -0.15) is 0 Å². The Bertz CT molecular complexity index is 989. The van der Waals surface area contributed by atoms with E-state index in [0.29, 0.717) is 41.8 Å². The number of amides is 1. The van der Waals surface area contributed by atoms with Crippen molar-refractivity contribution < 1.29 is 23.4 Å². The van der Waals surface area contributed by atoms with Gasteiger partial charge in [0.1, 0.15) is 12.4 Å². The van der Waals surface area contributed by atoms with Gasteiger partial charge in [-0.15, -0.1) is 5.10 Å². The van der Waals surface area contributed by atoms with Crippen LogP contribution in [-0.4, -0.2) is 48.3 Å². The van der Waals surface area contributed by atoms with Crippen LogP contribution in [0.2, 0.25) is 0 Å². The van der Waals surface area contributed by atoms with Crippen molar-refractivity contribution in [1.82, 2.24) is 15.0 Å². The van der Waals surface area contributed by atoms with Gasteiger partial charge in [-0.05, 0) is 43.3 Å². The van der Waals surface area contributed by atoms with Crippen molar-refractivity contribution in [2.75, 3.05) is 32.8 Å². The van der Waals surface area contributed by atoms with Crippen LogP contribution in [0.4, 0.5) is 10.1 Å². The number of anilines is 1. The average molecular weight is 400 g/mol. The predicted octanol–water partition coefficient (Wildman–Crippen LogP) is 3.00. The molecule has 0 bridgehead atoms. The second-order valence-corrected chi connectivity index (χ2v) is 6.07. The van der Waals surface area contributed by atoms with Crippen LogP contribution in [0.25, 0.3) is 5.69 Å². The van der Waals surface area contributed by atoms with Crippen molar-refractivity contribution in [3.8, 4) is 17.2 Å². The van der Waals surface area contributed by atoms with E-state index in [1.54, 1.807) is 44.4 Å². The molecule has 1 N–H and O–H groups in total. The van der Waals surface area contributed by atoms with E-state index >= 15 is 0 Å². The molecule has 0 unspecified atom stereocenters. The molecule has 0 atom stereocenters. The molecule has 0 aliphatic rings. The Morgan fingerprint density at radius 2 is 1.86 bits per heavy atom. The second-order valence-electron chi connectivity index (χ2n) is 6.07. The van der Waals surface area contributed by atoms with Crippen molar-refractivity contribution in [2.45, 2.75) is 6.92 Å². The summed E-state index contributed by atoms with van der Waals surface area (Å²) in [5, 5.41) is 10.7. The summed E-state index contributed by atoms with van der Waals surface area (Å²) in [7, 11) is 3.12. The molecule has 3 aromatic rings. The molecule has 29 heavy (non-hydrogen) atoms. The summed E-state index contributed by atoms with van der Waals surface area (Å²) in [6, 6.07) is 10.8. The first-order valence-electron chi connectivity index (χ1n) is 8.83. The van der Waals surface area contributed by atoms with Crippen LogP contribution >= 0.6 is 0 Å². The molecule has 9 heteroatoms. The fraction of sp³-hybridized carbons (Fsp3) is 0.250. The van der Waals surface area contributed by atoms with Gasteiger partial charge in [0.05, 0.1) is 25.1 Å². The minimum atomic E-state index is -0.427. The Hall–Kier alpha value is -3.46. The van der Waals surface area contributed by atoms with Gasteiger partial charge in [-0.1, -0.05) is 5.21 Å². The first-order chi connectivity index (χ1) is 14.0. The van der Waals surface area contributed by atoms with Crippen molar-refractivity contribution in [3.05, 3.63) is 59.7 Å². The number of hydrogen-bond donors (Lipinski definition) is 1. The van der Waals surface area contributed by atoms with E-state index in [1.165, 1.54) is 23.9 Å². The van der Waals surface area contributed by atoms with Gasteiger partial charge in [0.15, 0.2) is 17.2 Å². The molecule has 0 saturated carbocycles. The third-order valence-electron chi connectivity index (χ3n) is 4.15. The highest BCUT2D eigenvalue weighted by Crippen LogP contribution is 2.30. The lowest BCUT2D eigenvalue weighted by atomic mass is 10.2. The summed E-state index contributed by atoms with van der Waals surface area (Å²) < 4.78 is 30.5. The molecule has 0 fully saturated rings. The van der Waals surface area contributed by atoms with Gasteiger partial charge in [0.25, 0.3) is 5.91 Å². The van der Waals surface area contributed by atoms with Crippen molar-refractivity contribution >= 4 is 11.6 Å². The largest absolute Gasteiger partial charge is 0.493 e. The number of nitrogens with zero attached hydrogens (tertiary/aromatic N) is 3. The van der Waals surface area contributed by atoms with Crippen LogP contribution < -0.4 is 14.8 Å². The monoisotopic (exact) mass is 400 g/mol. The number of carbonyl (C=O) groups excluding carboxylic acids is 1. The highest BCUT2D eigenvalue weighted by atomic mass is 19.1. The SMILES string of the molecule is COCCOc1cc(NC(=O)c2nnn(-c3ccc(F)cc3)c2C)ccc1OC. The summed E-state index contributed by atoms with van der Waals surface area (Å²) in [6.07, 6.45) is 0. The molecule has 0 aliphatic heterocycles. The normalized spacial score (nSPS) is 10.6. The summed E-state index contributed by atoms with van der Waals surface area (Å²) in [6.45, 7) is 2.48. The minimum absolute atomic E-state index is 0.159. The first-order valence-corrected chi connectivity index (χ1v) is 8.83. The zero-order chi connectivity index (χ0) is 20.8. The lowest BCUT2D eigenvalue weighted by Crippen LogP contribution is -2.14. The van der Waals surface area contributed by atoms with Crippen molar-refractivity contribution in [2.24, 2.45) is 0 Å². The van der Waals surface area contributed by atoms with Gasteiger partial charge < -0.3 is 19.5 Å². The number of rotatable bonds is 8. The summed E-state index contributed by atoms with van der Waals surface area (Å²) in [5.74, 6) is 0.239. The first kappa shape index (κ1) is 20.3. The molecular formula is C20H21FN4O4. The topological polar surface area (TPSA) is 87.5 Å². The molecule has 1 heterocycles. The van der Waals surface area contributed by atoms with E-state index in [-0.39, 0.29) is 11.5 Å². The van der Waals surface area contributed by atoms with Gasteiger partial charge in [-0.3, -0.25) is 4.79 Å². The van der Waals surface area contributed by atoms with Crippen molar-refractivity contribution in [3.63, 3.8) is 0 Å². The van der Waals surface area contributed by atoms with Gasteiger partial charge in [0.2, 0.25) is 0 Å². The molecular weight excluding hydrogens is 379 g/mol. The molecule has 2 aromatic carbocycles. The number of ether oxygens (including phenoxy) is 3. The number of carbonyl (C=O) groups is 1. The predicted molar refractivity (Wildman–Crippen MR) is 104 cm³/mol. The highest BCUT2D eigenvalue weighted by Gasteiger charge is 2.18. The van der Waals surface area contributed by atoms with E-state index in [0.717, 1.165) is 0 Å². The van der Waals surface area contributed by atoms with Crippen molar-refractivity contribution in [1.29, 1.82) is 0 Å². The maximum Gasteiger partial charge on any atom is 0.278 e. The van der Waals surface area contributed by atoms with E-state index in [2.05, 4.69) is 15.6 Å². The van der Waals surface area contributed by atoms with E-state index < -0.39 is 5.91 Å². The molecule has 3 rings (SSSR count). The molecule has 0 aliphatic carbocycles. The second kappa shape index (κ2) is 9.16. The fourth-order valence-electron chi connectivity index (χ4n) is 2.66. The van der Waals surface area contributed by atoms with E-state index in [9.17, 15) is 9.18 Å². The fourth-order valence-corrected chi connectivity index (χ4v) is 2.66. The van der Waals surface area contributed by atoms with Crippen LogP contribution in [0.3, 0.4) is 0 Å². The standard InChI is InChI=1S/C20H21FN4O4/c1-13-19(23-24-25(13)16-7-4-14(21)5-8-16)20(26)22-15-6-9-17(28-3)18(12-15)29-11-10-27-2/h4-9,12H,10-11H2,1-3H3,(H,22,26).